The number of aromatic nitrogens is 1. The van der Waals surface area contributed by atoms with Crippen LogP contribution in [-0.4, -0.2) is 21.2 Å². The fourth-order valence-corrected chi connectivity index (χ4v) is 3.46. The fraction of sp³-hybridized carbons (Fsp3) is 0.467. The minimum atomic E-state index is -0.577. The van der Waals surface area contributed by atoms with Gasteiger partial charge in [-0.1, -0.05) is 19.3 Å². The zero-order valence-electron chi connectivity index (χ0n) is 11.0. The van der Waals surface area contributed by atoms with Crippen molar-refractivity contribution in [2.45, 2.75) is 44.6 Å². The Morgan fingerprint density at radius 1 is 1.32 bits per heavy atom. The third-order valence-electron chi connectivity index (χ3n) is 4.38. The van der Waals surface area contributed by atoms with Crippen LogP contribution in [-0.2, 0) is 10.3 Å². The SMILES string of the molecule is CC(=O)C1=C(O)C2(CCCCC2)n2cccc2C1=O. The van der Waals surface area contributed by atoms with Crippen molar-refractivity contribution in [3.63, 3.8) is 0 Å². The van der Waals surface area contributed by atoms with Gasteiger partial charge in [0, 0.05) is 6.20 Å². The molecule has 0 saturated heterocycles. The lowest BCUT2D eigenvalue weighted by Gasteiger charge is -2.42. The van der Waals surface area contributed by atoms with Gasteiger partial charge >= 0.3 is 0 Å². The first-order chi connectivity index (χ1) is 9.08. The topological polar surface area (TPSA) is 59.3 Å². The van der Waals surface area contributed by atoms with E-state index in [1.54, 1.807) is 12.1 Å². The van der Waals surface area contributed by atoms with Crippen molar-refractivity contribution in [1.82, 2.24) is 4.57 Å². The molecule has 0 aromatic carbocycles. The largest absolute Gasteiger partial charge is 0.509 e. The highest BCUT2D eigenvalue weighted by molar-refractivity contribution is 6.26. The Morgan fingerprint density at radius 3 is 2.63 bits per heavy atom. The lowest BCUT2D eigenvalue weighted by molar-refractivity contribution is -0.113. The average molecular weight is 259 g/mol. The van der Waals surface area contributed by atoms with Crippen LogP contribution in [0, 0.1) is 0 Å². The monoisotopic (exact) mass is 259 g/mol. The maximum atomic E-state index is 12.3. The molecule has 0 unspecified atom stereocenters. The lowest BCUT2D eigenvalue weighted by atomic mass is 9.75. The summed E-state index contributed by atoms with van der Waals surface area (Å²) in [7, 11) is 0. The Kier molecular flexibility index (Phi) is 2.62. The number of nitrogens with zero attached hydrogens (tertiary/aromatic N) is 1. The zero-order valence-corrected chi connectivity index (χ0v) is 11.0. The summed E-state index contributed by atoms with van der Waals surface area (Å²) in [6, 6.07) is 3.54. The Bertz CT molecular complexity index is 588. The first-order valence-electron chi connectivity index (χ1n) is 6.75. The van der Waals surface area contributed by atoms with Crippen molar-refractivity contribution in [2.24, 2.45) is 0 Å². The van der Waals surface area contributed by atoms with Crippen LogP contribution in [0.25, 0.3) is 0 Å². The van der Waals surface area contributed by atoms with Gasteiger partial charge in [-0.05, 0) is 31.9 Å². The van der Waals surface area contributed by atoms with Crippen LogP contribution >= 0.6 is 0 Å². The van der Waals surface area contributed by atoms with Crippen molar-refractivity contribution in [3.05, 3.63) is 35.4 Å². The summed E-state index contributed by atoms with van der Waals surface area (Å²) in [5.74, 6) is -0.723. The predicted molar refractivity (Wildman–Crippen MR) is 70.2 cm³/mol. The van der Waals surface area contributed by atoms with Gasteiger partial charge in [0.25, 0.3) is 0 Å². The predicted octanol–water partition coefficient (Wildman–Crippen LogP) is 2.74. The molecule has 3 rings (SSSR count). The van der Waals surface area contributed by atoms with E-state index < -0.39 is 5.54 Å². The number of carbonyl (C=O) groups excluding carboxylic acids is 2. The molecule has 1 aromatic heterocycles. The highest BCUT2D eigenvalue weighted by Gasteiger charge is 2.46. The van der Waals surface area contributed by atoms with Crippen LogP contribution in [0.5, 0.6) is 0 Å². The van der Waals surface area contributed by atoms with Crippen LogP contribution in [0.1, 0.15) is 49.5 Å². The highest BCUT2D eigenvalue weighted by atomic mass is 16.3. The van der Waals surface area contributed by atoms with E-state index in [-0.39, 0.29) is 22.9 Å². The van der Waals surface area contributed by atoms with Crippen LogP contribution in [0.3, 0.4) is 0 Å². The number of hydrogen-bond acceptors (Lipinski definition) is 3. The van der Waals surface area contributed by atoms with Gasteiger partial charge in [-0.25, -0.2) is 0 Å². The number of allylic oxidation sites excluding steroid dienone is 2. The van der Waals surface area contributed by atoms with Gasteiger partial charge in [0.1, 0.15) is 16.9 Å². The number of hydrogen-bond donors (Lipinski definition) is 1. The number of aliphatic hydroxyl groups excluding tert-OH is 1. The molecule has 1 aliphatic carbocycles. The number of fused-ring (bicyclic) bond motifs is 2. The van der Waals surface area contributed by atoms with E-state index in [4.69, 9.17) is 0 Å². The Hall–Kier alpha value is -1.84. The van der Waals surface area contributed by atoms with E-state index in [9.17, 15) is 14.7 Å². The molecule has 4 nitrogen and oxygen atoms in total. The summed E-state index contributed by atoms with van der Waals surface area (Å²) >= 11 is 0. The molecule has 1 aliphatic heterocycles. The number of rotatable bonds is 1. The first-order valence-corrected chi connectivity index (χ1v) is 6.75. The molecule has 0 radical (unpaired) electrons. The molecular formula is C15H17NO3. The molecule has 2 aliphatic rings. The molecule has 0 amide bonds. The third-order valence-corrected chi connectivity index (χ3v) is 4.38. The molecule has 100 valence electrons. The van der Waals surface area contributed by atoms with Crippen molar-refractivity contribution < 1.29 is 14.7 Å². The van der Waals surface area contributed by atoms with Gasteiger partial charge in [-0.3, -0.25) is 9.59 Å². The van der Waals surface area contributed by atoms with E-state index in [2.05, 4.69) is 0 Å². The minimum Gasteiger partial charge on any atom is -0.509 e. The van der Waals surface area contributed by atoms with E-state index in [1.165, 1.54) is 6.92 Å². The van der Waals surface area contributed by atoms with E-state index in [1.807, 2.05) is 10.8 Å². The van der Waals surface area contributed by atoms with Crippen molar-refractivity contribution >= 4 is 11.6 Å². The van der Waals surface area contributed by atoms with Gasteiger partial charge in [0.15, 0.2) is 5.78 Å². The van der Waals surface area contributed by atoms with Crippen molar-refractivity contribution in [1.29, 1.82) is 0 Å². The van der Waals surface area contributed by atoms with Crippen molar-refractivity contribution in [2.75, 3.05) is 0 Å². The summed E-state index contributed by atoms with van der Waals surface area (Å²) in [6.07, 6.45) is 6.54. The van der Waals surface area contributed by atoms with E-state index in [0.29, 0.717) is 5.69 Å². The van der Waals surface area contributed by atoms with Crippen LogP contribution in [0.15, 0.2) is 29.7 Å². The number of aliphatic hydroxyl groups is 1. The quantitative estimate of drug-likeness (QED) is 0.789. The van der Waals surface area contributed by atoms with E-state index in [0.717, 1.165) is 32.1 Å². The third kappa shape index (κ3) is 1.52. The van der Waals surface area contributed by atoms with Crippen LogP contribution in [0.4, 0.5) is 0 Å². The van der Waals surface area contributed by atoms with E-state index >= 15 is 0 Å². The summed E-state index contributed by atoms with van der Waals surface area (Å²) in [5, 5.41) is 10.6. The molecule has 19 heavy (non-hydrogen) atoms. The lowest BCUT2D eigenvalue weighted by Crippen LogP contribution is -2.44. The molecule has 1 N–H and O–H groups in total. The standard InChI is InChI=1S/C15H17NO3/c1-10(17)12-13(18)11-6-5-9-16(11)15(14(12)19)7-3-2-4-8-15/h5-6,9,19H,2-4,7-8H2,1H3. The second kappa shape index (κ2) is 4.08. The summed E-state index contributed by atoms with van der Waals surface area (Å²) in [6.45, 7) is 1.35. The second-order valence-electron chi connectivity index (χ2n) is 5.46. The average Bonchev–Trinajstić information content (AvgIpc) is 2.88. The minimum absolute atomic E-state index is 0.0200. The maximum Gasteiger partial charge on any atom is 0.216 e. The maximum absolute atomic E-state index is 12.3. The van der Waals surface area contributed by atoms with Crippen molar-refractivity contribution in [3.8, 4) is 0 Å². The van der Waals surface area contributed by atoms with Crippen LogP contribution < -0.4 is 0 Å². The Balaban J connectivity index is 2.26. The molecule has 0 atom stereocenters. The molecule has 1 fully saturated rings. The van der Waals surface area contributed by atoms with Gasteiger partial charge in [0.05, 0.1) is 5.69 Å². The molecule has 1 aromatic rings. The normalized spacial score (nSPS) is 21.6. The van der Waals surface area contributed by atoms with Gasteiger partial charge in [0.2, 0.25) is 5.78 Å². The fourth-order valence-electron chi connectivity index (χ4n) is 3.46. The molecule has 0 bridgehead atoms. The Labute approximate surface area is 111 Å². The summed E-state index contributed by atoms with van der Waals surface area (Å²) < 4.78 is 1.87. The highest BCUT2D eigenvalue weighted by Crippen LogP contribution is 2.45. The zero-order chi connectivity index (χ0) is 13.6. The Morgan fingerprint density at radius 2 is 2.00 bits per heavy atom. The molecular weight excluding hydrogens is 242 g/mol. The molecule has 1 saturated carbocycles. The van der Waals surface area contributed by atoms with Crippen LogP contribution in [0.2, 0.25) is 0 Å². The summed E-state index contributed by atoms with van der Waals surface area (Å²) in [4.78, 5) is 24.0. The summed E-state index contributed by atoms with van der Waals surface area (Å²) in [5.41, 5.74) is -0.0792. The number of Topliss-reactive ketones (excluding diaryl/α,β-unsaturated/α-hetero) is 2. The number of carbonyl (C=O) groups is 2. The van der Waals surface area contributed by atoms with Gasteiger partial charge in [-0.2, -0.15) is 0 Å². The molecule has 2 heterocycles. The van der Waals surface area contributed by atoms with Gasteiger partial charge < -0.3 is 9.67 Å². The molecule has 4 heteroatoms. The smallest absolute Gasteiger partial charge is 0.216 e. The number of ketones is 2. The first kappa shape index (κ1) is 12.2. The molecule has 1 spiro atoms. The second-order valence-corrected chi connectivity index (χ2v) is 5.46. The van der Waals surface area contributed by atoms with Gasteiger partial charge in [-0.15, -0.1) is 0 Å².